The first-order chi connectivity index (χ1) is 56.6. The van der Waals surface area contributed by atoms with Gasteiger partial charge in [0.1, 0.15) is 29.8 Å². The van der Waals surface area contributed by atoms with Crippen molar-refractivity contribution >= 4 is 29.1 Å². The lowest BCUT2D eigenvalue weighted by molar-refractivity contribution is -0.311. The minimum atomic E-state index is -0.695. The maximum atomic E-state index is 13.1. The van der Waals surface area contributed by atoms with Crippen molar-refractivity contribution in [2.24, 2.45) is 10.8 Å². The van der Waals surface area contributed by atoms with Crippen LogP contribution in [0.5, 0.6) is 5.75 Å². The minimum absolute atomic E-state index is 0.0374. The summed E-state index contributed by atoms with van der Waals surface area (Å²) < 4.78 is 65.5. The van der Waals surface area contributed by atoms with Crippen molar-refractivity contribution < 1.29 is 65.9 Å². The Balaban J connectivity index is 0.000000355. The summed E-state index contributed by atoms with van der Waals surface area (Å²) in [5.41, 5.74) is 11.0. The number of halogens is 2. The van der Waals surface area contributed by atoms with E-state index in [1.165, 1.54) is 72.0 Å². The maximum Gasteiger partial charge on any atom is 0.302 e. The summed E-state index contributed by atoms with van der Waals surface area (Å²) in [5, 5.41) is 0. The van der Waals surface area contributed by atoms with Crippen molar-refractivity contribution in [3.05, 3.63) is 280 Å². The molecule has 119 heavy (non-hydrogen) atoms. The average Bonchev–Trinajstić information content (AvgIpc) is 0.787. The SMILES string of the molecule is CC(=O)CCCc1ccccc1.CC(=O)OCc1ccccc1.CCCCC(=O)c1ccc(C(C)(C)C)cc1.CCCCC(=O)c1ccc(F)cc1.CCCCC(=O)c1ccc(OC)cc1.CCCCC1(c2ccc(C(C)(C)C)cc2)OCC(C)(C)CO1.CCCCC1(c2ccc(F)cc2)OCC(C)(C)CO1.CCCCOCc1ccccc1. The van der Waals surface area contributed by atoms with Gasteiger partial charge < -0.3 is 38.0 Å². The van der Waals surface area contributed by atoms with Crippen molar-refractivity contribution in [1.29, 1.82) is 0 Å². The van der Waals surface area contributed by atoms with Crippen LogP contribution in [0.4, 0.5) is 8.78 Å². The van der Waals surface area contributed by atoms with Gasteiger partial charge in [0, 0.05) is 90.7 Å². The number of carbonyl (C=O) groups excluding carboxylic acids is 5. The van der Waals surface area contributed by atoms with Gasteiger partial charge in [0.15, 0.2) is 28.9 Å². The fourth-order valence-corrected chi connectivity index (χ4v) is 12.0. The Kier molecular flexibility index (Phi) is 49.9. The Morgan fingerprint density at radius 3 is 1.03 bits per heavy atom. The number of benzene rings is 8. The third kappa shape index (κ3) is 43.4. The largest absolute Gasteiger partial charge is 0.497 e. The van der Waals surface area contributed by atoms with Crippen LogP contribution in [0.15, 0.2) is 212 Å². The molecule has 0 saturated carbocycles. The van der Waals surface area contributed by atoms with Crippen LogP contribution >= 0.6 is 0 Å². The molecule has 14 heteroatoms. The van der Waals surface area contributed by atoms with Gasteiger partial charge in [0.25, 0.3) is 0 Å². The number of hydrogen-bond donors (Lipinski definition) is 0. The molecule has 652 valence electrons. The molecular weight excluding hydrogens is 1490 g/mol. The summed E-state index contributed by atoms with van der Waals surface area (Å²) in [5.74, 6) is -0.366. The van der Waals surface area contributed by atoms with Gasteiger partial charge in [-0.15, -0.1) is 0 Å². The van der Waals surface area contributed by atoms with Gasteiger partial charge in [0.2, 0.25) is 0 Å². The lowest BCUT2D eigenvalue weighted by Gasteiger charge is -2.44. The number of Topliss-reactive ketones (excluding diaryl/α,β-unsaturated/α-hetero) is 4. The molecule has 0 N–H and O–H groups in total. The molecule has 8 aromatic carbocycles. The van der Waals surface area contributed by atoms with E-state index in [2.05, 4.69) is 165 Å². The number of ether oxygens (including phenoxy) is 7. The zero-order valence-corrected chi connectivity index (χ0v) is 76.0. The Bertz CT molecular complexity index is 4010. The Hall–Kier alpha value is -8.63. The molecule has 0 amide bonds. The summed E-state index contributed by atoms with van der Waals surface area (Å²) in [4.78, 5) is 55.7. The summed E-state index contributed by atoms with van der Waals surface area (Å²) >= 11 is 0. The van der Waals surface area contributed by atoms with Gasteiger partial charge in [0.05, 0.1) is 40.1 Å². The molecule has 0 aliphatic carbocycles. The van der Waals surface area contributed by atoms with Crippen LogP contribution in [-0.4, -0.2) is 69.2 Å². The number of unbranched alkanes of at least 4 members (excludes halogenated alkanes) is 6. The third-order valence-corrected chi connectivity index (χ3v) is 19.8. The van der Waals surface area contributed by atoms with Gasteiger partial charge in [-0.3, -0.25) is 19.2 Å². The second kappa shape index (κ2) is 56.8. The van der Waals surface area contributed by atoms with E-state index in [9.17, 15) is 32.8 Å². The van der Waals surface area contributed by atoms with Crippen LogP contribution < -0.4 is 4.74 Å². The molecule has 10 rings (SSSR count). The third-order valence-electron chi connectivity index (χ3n) is 19.8. The number of esters is 1. The molecule has 0 unspecified atom stereocenters. The van der Waals surface area contributed by atoms with Crippen LogP contribution in [0.25, 0.3) is 0 Å². The first-order valence-electron chi connectivity index (χ1n) is 43.5. The van der Waals surface area contributed by atoms with Crippen molar-refractivity contribution in [3.63, 3.8) is 0 Å². The summed E-state index contributed by atoms with van der Waals surface area (Å²) in [6.45, 7) is 42.5. The molecular formula is C105H146F2O12. The highest BCUT2D eigenvalue weighted by molar-refractivity contribution is 5.97. The molecule has 0 radical (unpaired) electrons. The van der Waals surface area contributed by atoms with E-state index in [-0.39, 0.29) is 62.4 Å². The number of aryl methyl sites for hydroxylation is 1. The quantitative estimate of drug-likeness (QED) is 0.0224. The van der Waals surface area contributed by atoms with E-state index in [0.717, 1.165) is 156 Å². The van der Waals surface area contributed by atoms with Gasteiger partial charge in [-0.2, -0.15) is 0 Å². The fourth-order valence-electron chi connectivity index (χ4n) is 12.0. The zero-order valence-electron chi connectivity index (χ0n) is 76.0. The van der Waals surface area contributed by atoms with Crippen molar-refractivity contribution in [2.75, 3.05) is 40.1 Å². The van der Waals surface area contributed by atoms with Crippen LogP contribution in [0, 0.1) is 22.5 Å². The molecule has 2 saturated heterocycles. The maximum absolute atomic E-state index is 13.1. The highest BCUT2D eigenvalue weighted by Gasteiger charge is 2.43. The second-order valence-corrected chi connectivity index (χ2v) is 34.4. The Morgan fingerprint density at radius 1 is 0.378 bits per heavy atom. The van der Waals surface area contributed by atoms with Crippen LogP contribution in [0.3, 0.4) is 0 Å². The van der Waals surface area contributed by atoms with E-state index >= 15 is 0 Å². The van der Waals surface area contributed by atoms with Crippen molar-refractivity contribution in [1.82, 2.24) is 0 Å². The number of rotatable bonds is 32. The average molecular weight is 1640 g/mol. The predicted octanol–water partition coefficient (Wildman–Crippen LogP) is 27.6. The number of hydrogen-bond acceptors (Lipinski definition) is 12. The molecule has 2 heterocycles. The Labute approximate surface area is 716 Å². The van der Waals surface area contributed by atoms with Crippen LogP contribution in [-0.2, 0) is 80.0 Å². The monoisotopic (exact) mass is 1640 g/mol. The van der Waals surface area contributed by atoms with E-state index in [1.807, 2.05) is 110 Å². The minimum Gasteiger partial charge on any atom is -0.497 e. The lowest BCUT2D eigenvalue weighted by atomic mass is 9.85. The van der Waals surface area contributed by atoms with E-state index in [0.29, 0.717) is 51.1 Å². The summed E-state index contributed by atoms with van der Waals surface area (Å²) in [6, 6.07) is 66.5. The van der Waals surface area contributed by atoms with Gasteiger partial charge in [-0.1, -0.05) is 301 Å². The topological polar surface area (TPSA) is 150 Å². The second-order valence-electron chi connectivity index (χ2n) is 34.4. The molecule has 0 bridgehead atoms. The van der Waals surface area contributed by atoms with Gasteiger partial charge in [-0.25, -0.2) is 8.78 Å². The van der Waals surface area contributed by atoms with Gasteiger partial charge in [-0.05, 0) is 158 Å². The normalized spacial score (nSPS) is 13.9. The Morgan fingerprint density at radius 2 is 0.697 bits per heavy atom. The predicted molar refractivity (Wildman–Crippen MR) is 484 cm³/mol. The molecule has 8 aromatic rings. The number of ketones is 4. The van der Waals surface area contributed by atoms with Crippen molar-refractivity contribution in [3.8, 4) is 5.75 Å². The van der Waals surface area contributed by atoms with Crippen LogP contribution in [0.2, 0.25) is 0 Å². The number of methoxy groups -OCH3 is 1. The molecule has 2 fully saturated rings. The first kappa shape index (κ1) is 105. The standard InChI is InChI=1S/C20H32O2.C16H23FO2.C15H22O.C12H16O2.C11H13FO.C11H14O.C11H16O.C9H10O2/c1-7-8-13-20(21-14-19(5,6)15-22-20)17-11-9-16(10-12-17)18(2,3)4;1-4-5-10-16(13-6-8-14(17)9-7-13)18-11-15(2,3)12-19-16;1-5-6-7-14(16)12-8-10-13(11-9-12)15(2,3)4;1-3-4-5-12(13)10-6-8-11(14-2)9-7-10;1-2-3-4-11(13)9-5-7-10(12)8-6-9;1-10(12)6-5-9-11-7-3-2-4-8-11;1-2-3-9-12-10-11-7-5-4-6-8-11;1-8(10)11-7-9-5-3-2-4-6-9/h9-12H,7-8,13-15H2,1-6H3;6-9H,4-5,10-12H2,1-3H3;8-11H,5-7H2,1-4H3;6-9H,3-5H2,1-2H3;5-8H,2-4H2,1H3;2-4,7-8H,5-6,9H2,1H3;4-8H,2-3,9-10H2,1H3;2-6H,7H2,1H3. The zero-order chi connectivity index (χ0) is 88.2. The first-order valence-corrected chi connectivity index (χ1v) is 43.5. The molecule has 2 aliphatic rings. The van der Waals surface area contributed by atoms with Crippen molar-refractivity contribution in [2.45, 2.75) is 289 Å². The summed E-state index contributed by atoms with van der Waals surface area (Å²) in [7, 11) is 1.62. The molecule has 0 spiro atoms. The molecule has 12 nitrogen and oxygen atoms in total. The van der Waals surface area contributed by atoms with E-state index < -0.39 is 11.6 Å². The molecule has 0 aromatic heterocycles. The molecule has 0 atom stereocenters. The van der Waals surface area contributed by atoms with E-state index in [1.54, 1.807) is 26.2 Å². The number of carbonyl (C=O) groups is 5. The fraction of sp³-hybridized carbons (Fsp3) is 0.495. The highest BCUT2D eigenvalue weighted by Crippen LogP contribution is 2.42. The van der Waals surface area contributed by atoms with Gasteiger partial charge >= 0.3 is 5.97 Å². The van der Waals surface area contributed by atoms with E-state index in [4.69, 9.17) is 33.2 Å². The highest BCUT2D eigenvalue weighted by atomic mass is 19.1. The summed E-state index contributed by atoms with van der Waals surface area (Å²) in [6.07, 6.45) is 19.0. The van der Waals surface area contributed by atoms with Crippen LogP contribution in [0.1, 0.15) is 317 Å². The smallest absolute Gasteiger partial charge is 0.302 e. The lowest BCUT2D eigenvalue weighted by Crippen LogP contribution is -2.45. The molecule has 2 aliphatic heterocycles.